The van der Waals surface area contributed by atoms with Gasteiger partial charge in [-0.05, 0) is 44.2 Å². The number of carbonyl (C=O) groups excluding carboxylic acids is 2. The second kappa shape index (κ2) is 10.9. The molecule has 0 spiro atoms. The van der Waals surface area contributed by atoms with Crippen LogP contribution in [0.15, 0.2) is 0 Å². The van der Waals surface area contributed by atoms with Crippen molar-refractivity contribution < 1.29 is 9.59 Å². The lowest BCUT2D eigenvalue weighted by Gasteiger charge is -2.27. The maximum absolute atomic E-state index is 11.8. The first kappa shape index (κ1) is 19.2. The van der Waals surface area contributed by atoms with Gasteiger partial charge in [0, 0.05) is 13.0 Å². The lowest BCUT2D eigenvalue weighted by Crippen LogP contribution is -2.39. The average molecular weight is 306 g/mol. The molecule has 1 aliphatic rings. The van der Waals surface area contributed by atoms with Gasteiger partial charge in [-0.1, -0.05) is 13.8 Å². The molecule has 118 valence electrons. The fourth-order valence-corrected chi connectivity index (χ4v) is 2.40. The molecule has 0 aromatic carbocycles. The lowest BCUT2D eigenvalue weighted by molar-refractivity contribution is -0.126. The number of hydrogen-bond acceptors (Lipinski definition) is 3. The molecule has 6 heteroatoms. The normalized spacial score (nSPS) is 19.6. The molecule has 2 atom stereocenters. The van der Waals surface area contributed by atoms with Crippen molar-refractivity contribution in [3.63, 3.8) is 0 Å². The van der Waals surface area contributed by atoms with Crippen LogP contribution in [0.1, 0.15) is 39.5 Å². The summed E-state index contributed by atoms with van der Waals surface area (Å²) in [5, 5.41) is 8.80. The molecule has 0 aromatic rings. The Hall–Kier alpha value is -0.810. The third-order valence-corrected chi connectivity index (χ3v) is 3.67. The van der Waals surface area contributed by atoms with E-state index in [1.165, 1.54) is 12.8 Å². The molecule has 1 fully saturated rings. The van der Waals surface area contributed by atoms with Crippen molar-refractivity contribution in [1.82, 2.24) is 16.0 Å². The van der Waals surface area contributed by atoms with Crippen LogP contribution < -0.4 is 16.0 Å². The van der Waals surface area contributed by atoms with Gasteiger partial charge < -0.3 is 16.0 Å². The summed E-state index contributed by atoms with van der Waals surface area (Å²) in [6, 6.07) is 0. The summed E-state index contributed by atoms with van der Waals surface area (Å²) in [6.07, 6.45) is 3.80. The van der Waals surface area contributed by atoms with E-state index in [9.17, 15) is 9.59 Å². The van der Waals surface area contributed by atoms with Crippen molar-refractivity contribution in [3.05, 3.63) is 0 Å². The Morgan fingerprint density at radius 3 is 2.65 bits per heavy atom. The molecule has 0 saturated carbocycles. The van der Waals surface area contributed by atoms with E-state index in [1.807, 2.05) is 6.92 Å². The van der Waals surface area contributed by atoms with E-state index in [-0.39, 0.29) is 30.8 Å². The van der Waals surface area contributed by atoms with E-state index in [0.717, 1.165) is 19.5 Å². The fraction of sp³-hybridized carbons (Fsp3) is 0.857. The maximum atomic E-state index is 11.8. The Morgan fingerprint density at radius 1 is 1.30 bits per heavy atom. The molecule has 3 N–H and O–H groups in total. The summed E-state index contributed by atoms with van der Waals surface area (Å²) in [6.45, 7) is 6.97. The molecule has 1 aliphatic heterocycles. The zero-order chi connectivity index (χ0) is 14.1. The first-order valence-corrected chi connectivity index (χ1v) is 7.37. The minimum absolute atomic E-state index is 0. The predicted molar refractivity (Wildman–Crippen MR) is 82.9 cm³/mol. The Labute approximate surface area is 128 Å². The molecule has 0 aromatic heterocycles. The molecule has 1 rings (SSSR count). The van der Waals surface area contributed by atoms with Crippen molar-refractivity contribution in [2.45, 2.75) is 39.5 Å². The van der Waals surface area contributed by atoms with Crippen LogP contribution >= 0.6 is 12.4 Å². The van der Waals surface area contributed by atoms with Gasteiger partial charge >= 0.3 is 0 Å². The SMILES string of the molecule is CCCNC(=O)CNC(=O)CC(C)C1CCCNC1.Cl. The van der Waals surface area contributed by atoms with E-state index < -0.39 is 0 Å². The lowest BCUT2D eigenvalue weighted by atomic mass is 9.85. The summed E-state index contributed by atoms with van der Waals surface area (Å²) in [5.41, 5.74) is 0. The quantitative estimate of drug-likeness (QED) is 0.659. The first-order chi connectivity index (χ1) is 9.13. The number of halogens is 1. The molecule has 1 heterocycles. The molecule has 0 aliphatic carbocycles. The summed E-state index contributed by atoms with van der Waals surface area (Å²) in [4.78, 5) is 23.1. The van der Waals surface area contributed by atoms with Crippen LogP contribution in [0.2, 0.25) is 0 Å². The van der Waals surface area contributed by atoms with E-state index in [2.05, 4.69) is 22.9 Å². The minimum Gasteiger partial charge on any atom is -0.355 e. The third-order valence-electron chi connectivity index (χ3n) is 3.67. The van der Waals surface area contributed by atoms with Crippen LogP contribution in [0, 0.1) is 11.8 Å². The summed E-state index contributed by atoms with van der Waals surface area (Å²) in [5.74, 6) is 0.812. The Kier molecular flexibility index (Phi) is 10.5. The first-order valence-electron chi connectivity index (χ1n) is 7.37. The minimum atomic E-state index is -0.109. The molecule has 20 heavy (non-hydrogen) atoms. The molecular formula is C14H28ClN3O2. The standard InChI is InChI=1S/C14H27N3O2.ClH/c1-3-6-16-14(19)10-17-13(18)8-11(2)12-5-4-7-15-9-12;/h11-12,15H,3-10H2,1-2H3,(H,16,19)(H,17,18);1H. The highest BCUT2D eigenvalue weighted by Gasteiger charge is 2.21. The molecule has 1 saturated heterocycles. The van der Waals surface area contributed by atoms with Crippen LogP contribution in [0.5, 0.6) is 0 Å². The van der Waals surface area contributed by atoms with Crippen LogP contribution in [-0.4, -0.2) is 38.0 Å². The van der Waals surface area contributed by atoms with Crippen molar-refractivity contribution in [3.8, 4) is 0 Å². The van der Waals surface area contributed by atoms with Crippen LogP contribution in [0.3, 0.4) is 0 Å². The molecule has 0 radical (unpaired) electrons. The van der Waals surface area contributed by atoms with E-state index in [1.54, 1.807) is 0 Å². The largest absolute Gasteiger partial charge is 0.355 e. The monoisotopic (exact) mass is 305 g/mol. The van der Waals surface area contributed by atoms with Gasteiger partial charge in [-0.25, -0.2) is 0 Å². The number of nitrogens with one attached hydrogen (secondary N) is 3. The van der Waals surface area contributed by atoms with Crippen LogP contribution in [-0.2, 0) is 9.59 Å². The number of rotatable bonds is 7. The van der Waals surface area contributed by atoms with Gasteiger partial charge in [-0.2, -0.15) is 0 Å². The maximum Gasteiger partial charge on any atom is 0.239 e. The van der Waals surface area contributed by atoms with Gasteiger partial charge in [0.2, 0.25) is 11.8 Å². The zero-order valence-corrected chi connectivity index (χ0v) is 13.4. The van der Waals surface area contributed by atoms with Gasteiger partial charge in [0.05, 0.1) is 6.54 Å². The van der Waals surface area contributed by atoms with Gasteiger partial charge in [-0.3, -0.25) is 9.59 Å². The summed E-state index contributed by atoms with van der Waals surface area (Å²) >= 11 is 0. The van der Waals surface area contributed by atoms with Crippen molar-refractivity contribution in [2.75, 3.05) is 26.2 Å². The van der Waals surface area contributed by atoms with E-state index >= 15 is 0 Å². The number of hydrogen-bond donors (Lipinski definition) is 3. The van der Waals surface area contributed by atoms with Gasteiger partial charge in [0.1, 0.15) is 0 Å². The molecular weight excluding hydrogens is 278 g/mol. The molecule has 0 bridgehead atoms. The number of amides is 2. The fourth-order valence-electron chi connectivity index (χ4n) is 2.40. The highest BCUT2D eigenvalue weighted by atomic mass is 35.5. The Balaban J connectivity index is 0.00000361. The van der Waals surface area contributed by atoms with Gasteiger partial charge in [0.25, 0.3) is 0 Å². The van der Waals surface area contributed by atoms with Crippen LogP contribution in [0.25, 0.3) is 0 Å². The molecule has 2 amide bonds. The summed E-state index contributed by atoms with van der Waals surface area (Å²) < 4.78 is 0. The molecule has 5 nitrogen and oxygen atoms in total. The van der Waals surface area contributed by atoms with Gasteiger partial charge in [-0.15, -0.1) is 12.4 Å². The second-order valence-electron chi connectivity index (χ2n) is 5.41. The number of carbonyl (C=O) groups is 2. The van der Waals surface area contributed by atoms with Crippen molar-refractivity contribution in [2.24, 2.45) is 11.8 Å². The highest BCUT2D eigenvalue weighted by Crippen LogP contribution is 2.22. The second-order valence-corrected chi connectivity index (χ2v) is 5.41. The average Bonchev–Trinajstić information content (AvgIpc) is 2.43. The number of piperidine rings is 1. The smallest absolute Gasteiger partial charge is 0.239 e. The van der Waals surface area contributed by atoms with Crippen molar-refractivity contribution in [1.29, 1.82) is 0 Å². The molecule has 2 unspecified atom stereocenters. The zero-order valence-electron chi connectivity index (χ0n) is 12.5. The highest BCUT2D eigenvalue weighted by molar-refractivity contribution is 5.85. The topological polar surface area (TPSA) is 70.2 Å². The Bertz CT molecular complexity index is 294. The van der Waals surface area contributed by atoms with E-state index in [4.69, 9.17) is 0 Å². The summed E-state index contributed by atoms with van der Waals surface area (Å²) in [7, 11) is 0. The van der Waals surface area contributed by atoms with Gasteiger partial charge in [0.15, 0.2) is 0 Å². The van der Waals surface area contributed by atoms with Crippen molar-refractivity contribution >= 4 is 24.2 Å². The van der Waals surface area contributed by atoms with E-state index in [0.29, 0.717) is 24.8 Å². The van der Waals surface area contributed by atoms with Crippen LogP contribution in [0.4, 0.5) is 0 Å². The Morgan fingerprint density at radius 2 is 2.05 bits per heavy atom. The predicted octanol–water partition coefficient (Wildman–Crippen LogP) is 1.08. The third kappa shape index (κ3) is 7.70.